The molecule has 0 bridgehead atoms. The van der Waals surface area contributed by atoms with Gasteiger partial charge >= 0.3 is 0 Å². The standard InChI is InChI=1S/C21H27N5O4S/c22-20(19-17(8-9-23-21(19)28)24-15-4-2-1-3-5-15)25-16-6-7-18-14(12-16)13-26(10-11-27)31(18,29)30/h6-9,12,15,27H,1-5,10-11,13H2,(H2,22,25)(H2,23,24,28). The van der Waals surface area contributed by atoms with Gasteiger partial charge in [-0.05, 0) is 42.7 Å². The summed E-state index contributed by atoms with van der Waals surface area (Å²) in [4.78, 5) is 19.8. The van der Waals surface area contributed by atoms with Crippen LogP contribution >= 0.6 is 0 Å². The number of nitrogens with zero attached hydrogens (tertiary/aromatic N) is 2. The summed E-state index contributed by atoms with van der Waals surface area (Å²) in [6.45, 7) is -0.0476. The normalized spacial score (nSPS) is 19.3. The number of hydrogen-bond donors (Lipinski definition) is 4. The topological polar surface area (TPSA) is 141 Å². The van der Waals surface area contributed by atoms with Crippen molar-refractivity contribution in [2.24, 2.45) is 10.7 Å². The second-order valence-corrected chi connectivity index (χ2v) is 9.83. The third-order valence-electron chi connectivity index (χ3n) is 5.79. The van der Waals surface area contributed by atoms with E-state index in [-0.39, 0.29) is 41.6 Å². The predicted molar refractivity (Wildman–Crippen MR) is 119 cm³/mol. The zero-order valence-electron chi connectivity index (χ0n) is 17.2. The number of hydrogen-bond acceptors (Lipinski definition) is 6. The molecule has 1 aromatic heterocycles. The fourth-order valence-electron chi connectivity index (χ4n) is 4.25. The SMILES string of the molecule is NC(=Nc1ccc2c(c1)CN(CCO)S2(=O)=O)c1c(NC2CCCCC2)cc[nH]c1=O. The van der Waals surface area contributed by atoms with Crippen LogP contribution in [0.2, 0.25) is 0 Å². The van der Waals surface area contributed by atoms with E-state index in [0.29, 0.717) is 23.0 Å². The van der Waals surface area contributed by atoms with Crippen molar-refractivity contribution in [1.29, 1.82) is 0 Å². The van der Waals surface area contributed by atoms with E-state index in [9.17, 15) is 13.2 Å². The number of H-pyrrole nitrogens is 1. The summed E-state index contributed by atoms with van der Waals surface area (Å²) in [5.41, 5.74) is 7.88. The van der Waals surface area contributed by atoms with Crippen LogP contribution in [0.15, 0.2) is 45.1 Å². The van der Waals surface area contributed by atoms with Crippen LogP contribution in [-0.4, -0.2) is 47.8 Å². The van der Waals surface area contributed by atoms with E-state index < -0.39 is 10.0 Å². The average molecular weight is 446 g/mol. The molecule has 0 unspecified atom stereocenters. The molecular formula is C21H27N5O4S. The van der Waals surface area contributed by atoms with E-state index in [0.717, 1.165) is 25.7 Å². The summed E-state index contributed by atoms with van der Waals surface area (Å²) in [7, 11) is -3.61. The van der Waals surface area contributed by atoms with Crippen LogP contribution in [0, 0.1) is 0 Å². The number of benzene rings is 1. The van der Waals surface area contributed by atoms with E-state index >= 15 is 0 Å². The molecule has 1 saturated carbocycles. The maximum atomic E-state index is 12.5. The highest BCUT2D eigenvalue weighted by atomic mass is 32.2. The molecule has 1 aliphatic carbocycles. The number of aromatic nitrogens is 1. The van der Waals surface area contributed by atoms with Crippen molar-refractivity contribution < 1.29 is 13.5 Å². The number of amidine groups is 1. The third kappa shape index (κ3) is 4.36. The highest BCUT2D eigenvalue weighted by Gasteiger charge is 2.34. The Bertz CT molecular complexity index is 1150. The lowest BCUT2D eigenvalue weighted by molar-refractivity contribution is 0.254. The molecule has 4 rings (SSSR count). The van der Waals surface area contributed by atoms with Gasteiger partial charge < -0.3 is 21.1 Å². The van der Waals surface area contributed by atoms with Crippen LogP contribution in [0.1, 0.15) is 43.2 Å². The number of aromatic amines is 1. The molecule has 9 nitrogen and oxygen atoms in total. The molecule has 166 valence electrons. The number of aliphatic hydroxyl groups excluding tert-OH is 1. The molecule has 2 aliphatic rings. The molecule has 10 heteroatoms. The fraction of sp³-hybridized carbons (Fsp3) is 0.429. The van der Waals surface area contributed by atoms with E-state index in [4.69, 9.17) is 10.8 Å². The molecule has 0 radical (unpaired) electrons. The summed E-state index contributed by atoms with van der Waals surface area (Å²) in [5.74, 6) is 0.0631. The highest BCUT2D eigenvalue weighted by Crippen LogP contribution is 2.33. The summed E-state index contributed by atoms with van der Waals surface area (Å²) in [6.07, 6.45) is 7.23. The first-order chi connectivity index (χ1) is 14.9. The number of aliphatic imine (C=N–C) groups is 1. The molecule has 1 aromatic carbocycles. The lowest BCUT2D eigenvalue weighted by Gasteiger charge is -2.24. The number of sulfonamides is 1. The molecule has 2 heterocycles. The number of anilines is 1. The van der Waals surface area contributed by atoms with E-state index in [1.54, 1.807) is 24.4 Å². The Balaban J connectivity index is 1.64. The first-order valence-corrected chi connectivity index (χ1v) is 11.9. The first-order valence-electron chi connectivity index (χ1n) is 10.5. The van der Waals surface area contributed by atoms with Crippen molar-refractivity contribution in [2.75, 3.05) is 18.5 Å². The lowest BCUT2D eigenvalue weighted by atomic mass is 9.95. The zero-order chi connectivity index (χ0) is 22.0. The molecule has 0 spiro atoms. The van der Waals surface area contributed by atoms with Gasteiger partial charge in [-0.2, -0.15) is 4.31 Å². The highest BCUT2D eigenvalue weighted by molar-refractivity contribution is 7.89. The van der Waals surface area contributed by atoms with Gasteiger partial charge in [0.2, 0.25) is 10.0 Å². The number of aliphatic hydroxyl groups is 1. The quantitative estimate of drug-likeness (QED) is 0.394. The number of β-amino-alcohol motifs (C(OH)–C–C–N with tert-alkyl or cyclic N) is 1. The largest absolute Gasteiger partial charge is 0.395 e. The smallest absolute Gasteiger partial charge is 0.261 e. The Morgan fingerprint density at radius 1 is 1.26 bits per heavy atom. The summed E-state index contributed by atoms with van der Waals surface area (Å²) >= 11 is 0. The van der Waals surface area contributed by atoms with Crippen LogP contribution in [-0.2, 0) is 16.6 Å². The van der Waals surface area contributed by atoms with Gasteiger partial charge in [0.1, 0.15) is 11.4 Å². The van der Waals surface area contributed by atoms with Gasteiger partial charge in [-0.25, -0.2) is 13.4 Å². The lowest BCUT2D eigenvalue weighted by Crippen LogP contribution is -2.29. The summed E-state index contributed by atoms with van der Waals surface area (Å²) in [5, 5.41) is 12.6. The van der Waals surface area contributed by atoms with Crippen molar-refractivity contribution in [2.45, 2.75) is 49.6 Å². The maximum absolute atomic E-state index is 12.5. The molecule has 31 heavy (non-hydrogen) atoms. The van der Waals surface area contributed by atoms with Crippen LogP contribution in [0.5, 0.6) is 0 Å². The number of nitrogens with one attached hydrogen (secondary N) is 2. The second-order valence-electron chi connectivity index (χ2n) is 7.93. The summed E-state index contributed by atoms with van der Waals surface area (Å²) in [6, 6.07) is 6.80. The Hall–Kier alpha value is -2.69. The molecule has 0 atom stereocenters. The minimum atomic E-state index is -3.61. The van der Waals surface area contributed by atoms with Gasteiger partial charge in [-0.3, -0.25) is 4.79 Å². The maximum Gasteiger partial charge on any atom is 0.261 e. The Labute approximate surface area is 181 Å². The Kier molecular flexibility index (Phi) is 6.12. The minimum Gasteiger partial charge on any atom is -0.395 e. The van der Waals surface area contributed by atoms with Gasteiger partial charge in [-0.1, -0.05) is 19.3 Å². The number of nitrogens with two attached hydrogens (primary N) is 1. The molecule has 1 fully saturated rings. The minimum absolute atomic E-state index is 0.0351. The van der Waals surface area contributed by atoms with E-state index in [1.807, 2.05) is 0 Å². The van der Waals surface area contributed by atoms with Gasteiger partial charge in [0, 0.05) is 25.3 Å². The number of rotatable bonds is 6. The fourth-order valence-corrected chi connectivity index (χ4v) is 5.85. The van der Waals surface area contributed by atoms with E-state index in [2.05, 4.69) is 15.3 Å². The molecule has 5 N–H and O–H groups in total. The monoisotopic (exact) mass is 445 g/mol. The van der Waals surface area contributed by atoms with Crippen molar-refractivity contribution in [3.63, 3.8) is 0 Å². The van der Waals surface area contributed by atoms with Crippen LogP contribution in [0.4, 0.5) is 11.4 Å². The molecule has 0 amide bonds. The van der Waals surface area contributed by atoms with Crippen molar-refractivity contribution in [3.8, 4) is 0 Å². The summed E-state index contributed by atoms with van der Waals surface area (Å²) < 4.78 is 26.2. The average Bonchev–Trinajstić information content (AvgIpc) is 2.98. The zero-order valence-corrected chi connectivity index (χ0v) is 18.0. The van der Waals surface area contributed by atoms with Crippen LogP contribution in [0.25, 0.3) is 0 Å². The van der Waals surface area contributed by atoms with Crippen molar-refractivity contribution in [3.05, 3.63) is 51.9 Å². The first kappa shape index (κ1) is 21.5. The van der Waals surface area contributed by atoms with Gasteiger partial charge in [0.15, 0.2) is 0 Å². The van der Waals surface area contributed by atoms with Gasteiger partial charge in [-0.15, -0.1) is 0 Å². The van der Waals surface area contributed by atoms with Crippen molar-refractivity contribution >= 4 is 27.2 Å². The molecular weight excluding hydrogens is 418 g/mol. The van der Waals surface area contributed by atoms with Crippen molar-refractivity contribution in [1.82, 2.24) is 9.29 Å². The Morgan fingerprint density at radius 2 is 2.03 bits per heavy atom. The molecule has 1 aliphatic heterocycles. The predicted octanol–water partition coefficient (Wildman–Crippen LogP) is 1.65. The van der Waals surface area contributed by atoms with Crippen LogP contribution < -0.4 is 16.6 Å². The van der Waals surface area contributed by atoms with Gasteiger partial charge in [0.05, 0.1) is 22.9 Å². The van der Waals surface area contributed by atoms with Gasteiger partial charge in [0.25, 0.3) is 5.56 Å². The Morgan fingerprint density at radius 3 is 2.77 bits per heavy atom. The second kappa shape index (κ2) is 8.81. The number of fused-ring (bicyclic) bond motifs is 1. The number of pyridine rings is 1. The van der Waals surface area contributed by atoms with E-state index in [1.165, 1.54) is 16.8 Å². The molecule has 2 aromatic rings. The van der Waals surface area contributed by atoms with Crippen LogP contribution in [0.3, 0.4) is 0 Å². The molecule has 0 saturated heterocycles. The third-order valence-corrected chi connectivity index (χ3v) is 7.73.